The second-order valence-electron chi connectivity index (χ2n) is 8.12. The molecule has 0 saturated heterocycles. The van der Waals surface area contributed by atoms with Crippen molar-refractivity contribution in [3.8, 4) is 6.07 Å². The lowest BCUT2D eigenvalue weighted by Gasteiger charge is -2.34. The molecule has 0 spiro atoms. The van der Waals surface area contributed by atoms with Crippen LogP contribution in [0.2, 0.25) is 5.02 Å². The highest BCUT2D eigenvalue weighted by Crippen LogP contribution is 2.44. The van der Waals surface area contributed by atoms with Crippen LogP contribution in [0.15, 0.2) is 53.7 Å². The van der Waals surface area contributed by atoms with Crippen molar-refractivity contribution in [3.05, 3.63) is 75.8 Å². The minimum atomic E-state index is -0.906. The molecule has 2 unspecified atom stereocenters. The Kier molecular flexibility index (Phi) is 4.60. The van der Waals surface area contributed by atoms with Crippen LogP contribution in [0.1, 0.15) is 46.3 Å². The Labute approximate surface area is 179 Å². The fourth-order valence-electron chi connectivity index (χ4n) is 5.06. The number of anilines is 1. The number of carbonyl (C=O) groups is 1. The second-order valence-corrected chi connectivity index (χ2v) is 8.53. The normalized spacial score (nSPS) is 22.4. The number of hydrogen-bond donors (Lipinski definition) is 1. The molecule has 0 saturated carbocycles. The van der Waals surface area contributed by atoms with Gasteiger partial charge in [0.25, 0.3) is 0 Å². The molecule has 30 heavy (non-hydrogen) atoms. The minimum Gasteiger partial charge on any atom is -0.478 e. The Morgan fingerprint density at radius 3 is 2.70 bits per heavy atom. The number of nitriles is 1. The first-order valence-corrected chi connectivity index (χ1v) is 10.5. The predicted molar refractivity (Wildman–Crippen MR) is 116 cm³/mol. The monoisotopic (exact) mass is 417 g/mol. The third kappa shape index (κ3) is 3.00. The van der Waals surface area contributed by atoms with Gasteiger partial charge < -0.3 is 5.11 Å². The van der Waals surface area contributed by atoms with Crippen LogP contribution < -0.4 is 5.01 Å². The summed E-state index contributed by atoms with van der Waals surface area (Å²) in [5.74, 6) is -0.157. The van der Waals surface area contributed by atoms with Crippen LogP contribution in [0.5, 0.6) is 0 Å². The zero-order valence-electron chi connectivity index (χ0n) is 16.3. The van der Waals surface area contributed by atoms with Crippen molar-refractivity contribution in [1.29, 1.82) is 5.26 Å². The molecule has 1 N–H and O–H groups in total. The number of allylic oxidation sites excluding steroid dienone is 2. The van der Waals surface area contributed by atoms with Crippen LogP contribution in [0, 0.1) is 23.2 Å². The zero-order valence-corrected chi connectivity index (χ0v) is 17.0. The van der Waals surface area contributed by atoms with Gasteiger partial charge in [-0.1, -0.05) is 29.8 Å². The largest absolute Gasteiger partial charge is 0.478 e. The Bertz CT molecular complexity index is 1140. The average molecular weight is 418 g/mol. The fourth-order valence-corrected chi connectivity index (χ4v) is 5.27. The Morgan fingerprint density at radius 1 is 1.20 bits per heavy atom. The summed E-state index contributed by atoms with van der Waals surface area (Å²) >= 11 is 6.33. The molecule has 1 aliphatic heterocycles. The maximum Gasteiger partial charge on any atom is 0.335 e. The van der Waals surface area contributed by atoms with E-state index >= 15 is 0 Å². The lowest BCUT2D eigenvalue weighted by Crippen LogP contribution is -2.40. The molecule has 0 fully saturated rings. The van der Waals surface area contributed by atoms with E-state index in [0.717, 1.165) is 48.2 Å². The molecular formula is C24H20ClN3O2. The third-order valence-corrected chi connectivity index (χ3v) is 6.79. The highest BCUT2D eigenvalue weighted by Gasteiger charge is 2.45. The topological polar surface area (TPSA) is 76.7 Å². The highest BCUT2D eigenvalue weighted by molar-refractivity contribution is 6.32. The molecule has 0 amide bonds. The summed E-state index contributed by atoms with van der Waals surface area (Å²) in [7, 11) is 0. The number of benzene rings is 2. The molecule has 3 aliphatic rings. The maximum atomic E-state index is 11.4. The first-order chi connectivity index (χ1) is 14.6. The van der Waals surface area contributed by atoms with Gasteiger partial charge >= 0.3 is 5.97 Å². The molecule has 0 bridgehead atoms. The smallest absolute Gasteiger partial charge is 0.335 e. The fraction of sp³-hybridized carbons (Fsp3) is 0.292. The number of fused-ring (bicyclic) bond motifs is 3. The van der Waals surface area contributed by atoms with Crippen molar-refractivity contribution in [3.63, 3.8) is 0 Å². The van der Waals surface area contributed by atoms with Crippen LogP contribution in [-0.4, -0.2) is 22.8 Å². The van der Waals surface area contributed by atoms with E-state index in [2.05, 4.69) is 23.2 Å². The molecule has 2 aromatic rings. The number of hydrazone groups is 1. The van der Waals surface area contributed by atoms with E-state index in [1.165, 1.54) is 0 Å². The van der Waals surface area contributed by atoms with Crippen LogP contribution in [0.3, 0.4) is 0 Å². The summed E-state index contributed by atoms with van der Waals surface area (Å²) < 4.78 is 0. The summed E-state index contributed by atoms with van der Waals surface area (Å²) in [5, 5.41) is 26.1. The van der Waals surface area contributed by atoms with E-state index < -0.39 is 5.97 Å². The molecule has 0 radical (unpaired) electrons. The molecule has 2 atom stereocenters. The van der Waals surface area contributed by atoms with Gasteiger partial charge in [0.05, 0.1) is 33.6 Å². The summed E-state index contributed by atoms with van der Waals surface area (Å²) in [4.78, 5) is 11.4. The van der Waals surface area contributed by atoms with Gasteiger partial charge in [-0.3, -0.25) is 5.01 Å². The number of rotatable bonds is 3. The summed E-state index contributed by atoms with van der Waals surface area (Å²) in [6.07, 6.45) is 8.31. The van der Waals surface area contributed by atoms with Crippen molar-refractivity contribution >= 4 is 29.0 Å². The Morgan fingerprint density at radius 2 is 2.00 bits per heavy atom. The lowest BCUT2D eigenvalue weighted by atomic mass is 9.74. The van der Waals surface area contributed by atoms with Crippen molar-refractivity contribution in [2.75, 3.05) is 5.01 Å². The van der Waals surface area contributed by atoms with E-state index in [4.69, 9.17) is 16.7 Å². The number of halogens is 1. The van der Waals surface area contributed by atoms with Gasteiger partial charge in [-0.15, -0.1) is 0 Å². The molecular weight excluding hydrogens is 398 g/mol. The molecule has 150 valence electrons. The minimum absolute atomic E-state index is 0.214. The zero-order chi connectivity index (χ0) is 20.8. The van der Waals surface area contributed by atoms with Gasteiger partial charge in [-0.05, 0) is 67.5 Å². The van der Waals surface area contributed by atoms with E-state index in [1.54, 1.807) is 18.2 Å². The quantitative estimate of drug-likeness (QED) is 0.710. The molecule has 0 aromatic heterocycles. The number of carboxylic acids is 1. The van der Waals surface area contributed by atoms with Gasteiger partial charge in [0.1, 0.15) is 6.07 Å². The van der Waals surface area contributed by atoms with Crippen molar-refractivity contribution in [2.24, 2.45) is 16.9 Å². The number of carboxylic acid groups (broad SMARTS) is 1. The van der Waals surface area contributed by atoms with Crippen LogP contribution in [0.4, 0.5) is 5.69 Å². The van der Waals surface area contributed by atoms with Gasteiger partial charge in [0, 0.05) is 11.5 Å². The molecule has 1 heterocycles. The second kappa shape index (κ2) is 7.30. The maximum absolute atomic E-state index is 11.4. The number of hydrogen-bond acceptors (Lipinski definition) is 4. The first-order valence-electron chi connectivity index (χ1n) is 10.2. The highest BCUT2D eigenvalue weighted by atomic mass is 35.5. The Hall–Kier alpha value is -3.10. The SMILES string of the molecule is N#Cc1ccc(N2N=C3c4ccc(C(=O)O)cc4CCC3C2C2CC=CC2)cc1Cl. The number of nitrogens with zero attached hydrogens (tertiary/aromatic N) is 3. The Balaban J connectivity index is 1.59. The summed E-state index contributed by atoms with van der Waals surface area (Å²) in [5.41, 5.74) is 4.79. The van der Waals surface area contributed by atoms with Crippen LogP contribution in [0.25, 0.3) is 0 Å². The van der Waals surface area contributed by atoms with E-state index in [-0.39, 0.29) is 12.0 Å². The van der Waals surface area contributed by atoms with Crippen LogP contribution in [-0.2, 0) is 6.42 Å². The van der Waals surface area contributed by atoms with Gasteiger partial charge in [0.15, 0.2) is 0 Å². The van der Waals surface area contributed by atoms with E-state index in [1.807, 2.05) is 18.2 Å². The average Bonchev–Trinajstić information content (AvgIpc) is 3.40. The standard InChI is InChI=1S/C24H20ClN3O2/c25-21-12-18(8-5-17(21)13-26)28-23(14-3-1-2-4-14)20-10-6-15-11-16(24(29)30)7-9-19(15)22(20)27-28/h1-2,5,7-9,11-12,14,20,23H,3-4,6,10H2,(H,29,30). The summed E-state index contributed by atoms with van der Waals surface area (Å²) in [6.45, 7) is 0. The number of aromatic carboxylic acids is 1. The molecule has 6 heteroatoms. The van der Waals surface area contributed by atoms with Gasteiger partial charge in [0.2, 0.25) is 0 Å². The first kappa shape index (κ1) is 18.9. The molecule has 5 nitrogen and oxygen atoms in total. The molecule has 5 rings (SSSR count). The van der Waals surface area contributed by atoms with Crippen LogP contribution >= 0.6 is 11.6 Å². The number of aryl methyl sites for hydroxylation is 1. The van der Waals surface area contributed by atoms with E-state index in [9.17, 15) is 15.2 Å². The van der Waals surface area contributed by atoms with Gasteiger partial charge in [-0.2, -0.15) is 10.4 Å². The molecule has 2 aromatic carbocycles. The molecule has 2 aliphatic carbocycles. The van der Waals surface area contributed by atoms with E-state index in [0.29, 0.717) is 22.1 Å². The predicted octanol–water partition coefficient (Wildman–Crippen LogP) is 5.03. The van der Waals surface area contributed by atoms with Gasteiger partial charge in [-0.25, -0.2) is 4.79 Å². The summed E-state index contributed by atoms with van der Waals surface area (Å²) in [6, 6.07) is 13.2. The van der Waals surface area contributed by atoms with Crippen molar-refractivity contribution in [2.45, 2.75) is 31.7 Å². The van der Waals surface area contributed by atoms with Crippen molar-refractivity contribution in [1.82, 2.24) is 0 Å². The third-order valence-electron chi connectivity index (χ3n) is 6.48. The lowest BCUT2D eigenvalue weighted by molar-refractivity contribution is 0.0696. The van der Waals surface area contributed by atoms with Crippen molar-refractivity contribution < 1.29 is 9.90 Å².